The Kier molecular flexibility index (Phi) is 5.67. The summed E-state index contributed by atoms with van der Waals surface area (Å²) in [5.41, 5.74) is 2.10. The van der Waals surface area contributed by atoms with Crippen LogP contribution in [-0.4, -0.2) is 35.6 Å². The molecule has 1 saturated heterocycles. The molecule has 1 aromatic heterocycles. The molecule has 0 aromatic carbocycles. The van der Waals surface area contributed by atoms with E-state index in [1.807, 2.05) is 13.1 Å². The smallest absolute Gasteiger partial charge is 0.152 e. The Balaban J connectivity index is 1.96. The number of hydrogen-bond acceptors (Lipinski definition) is 3. The van der Waals surface area contributed by atoms with Gasteiger partial charge in [-0.1, -0.05) is 18.5 Å². The number of halogens is 1. The number of rotatable bonds is 5. The SMILES string of the molecule is CCCN1CCCC(C(C)Nc2cc(C)cnc2Cl)C1. The van der Waals surface area contributed by atoms with E-state index in [1.165, 1.54) is 38.9 Å². The van der Waals surface area contributed by atoms with Crippen LogP contribution in [0.3, 0.4) is 0 Å². The molecular weight excluding hydrogens is 270 g/mol. The zero-order valence-electron chi connectivity index (χ0n) is 12.8. The molecule has 1 aromatic rings. The lowest BCUT2D eigenvalue weighted by atomic mass is 9.91. The fourth-order valence-corrected chi connectivity index (χ4v) is 3.19. The number of anilines is 1. The average molecular weight is 296 g/mol. The van der Waals surface area contributed by atoms with Crippen molar-refractivity contribution in [1.82, 2.24) is 9.88 Å². The fraction of sp³-hybridized carbons (Fsp3) is 0.688. The minimum atomic E-state index is 0.427. The quantitative estimate of drug-likeness (QED) is 0.833. The number of hydrogen-bond donors (Lipinski definition) is 1. The van der Waals surface area contributed by atoms with Crippen molar-refractivity contribution in [2.24, 2.45) is 5.92 Å². The molecule has 1 N–H and O–H groups in total. The van der Waals surface area contributed by atoms with Gasteiger partial charge in [-0.05, 0) is 63.7 Å². The topological polar surface area (TPSA) is 28.2 Å². The Labute approximate surface area is 127 Å². The van der Waals surface area contributed by atoms with Gasteiger partial charge in [-0.2, -0.15) is 0 Å². The highest BCUT2D eigenvalue weighted by Crippen LogP contribution is 2.26. The van der Waals surface area contributed by atoms with Crippen molar-refractivity contribution < 1.29 is 0 Å². The first kappa shape index (κ1) is 15.6. The van der Waals surface area contributed by atoms with Crippen LogP contribution in [0.1, 0.15) is 38.7 Å². The summed E-state index contributed by atoms with van der Waals surface area (Å²) < 4.78 is 0. The molecule has 112 valence electrons. The molecule has 0 bridgehead atoms. The first-order valence-corrected chi connectivity index (χ1v) is 8.09. The summed E-state index contributed by atoms with van der Waals surface area (Å²) in [6, 6.07) is 2.51. The molecule has 2 rings (SSSR count). The van der Waals surface area contributed by atoms with Crippen LogP contribution in [0.5, 0.6) is 0 Å². The van der Waals surface area contributed by atoms with Crippen LogP contribution in [0.15, 0.2) is 12.3 Å². The van der Waals surface area contributed by atoms with Crippen molar-refractivity contribution in [3.63, 3.8) is 0 Å². The monoisotopic (exact) mass is 295 g/mol. The third-order valence-corrected chi connectivity index (χ3v) is 4.45. The molecule has 0 amide bonds. The van der Waals surface area contributed by atoms with Gasteiger partial charge in [0.2, 0.25) is 0 Å². The van der Waals surface area contributed by atoms with E-state index in [0.29, 0.717) is 17.1 Å². The zero-order valence-corrected chi connectivity index (χ0v) is 13.6. The summed E-state index contributed by atoms with van der Waals surface area (Å²) in [7, 11) is 0. The predicted molar refractivity (Wildman–Crippen MR) is 86.5 cm³/mol. The normalized spacial score (nSPS) is 21.7. The Morgan fingerprint density at radius 2 is 2.35 bits per heavy atom. The summed E-state index contributed by atoms with van der Waals surface area (Å²) >= 11 is 6.17. The van der Waals surface area contributed by atoms with Crippen LogP contribution >= 0.6 is 11.6 Å². The summed E-state index contributed by atoms with van der Waals surface area (Å²) in [5, 5.41) is 4.14. The first-order chi connectivity index (χ1) is 9.60. The van der Waals surface area contributed by atoms with Crippen LogP contribution in [0.4, 0.5) is 5.69 Å². The standard InChI is InChI=1S/C16H26ClN3/c1-4-7-20-8-5-6-14(11-20)13(3)19-15-9-12(2)10-18-16(15)17/h9-10,13-14,19H,4-8,11H2,1-3H3. The third kappa shape index (κ3) is 4.10. The Morgan fingerprint density at radius 1 is 1.55 bits per heavy atom. The number of piperidine rings is 1. The summed E-state index contributed by atoms with van der Waals surface area (Å²) in [4.78, 5) is 6.80. The number of nitrogens with zero attached hydrogens (tertiary/aromatic N) is 2. The molecular formula is C16H26ClN3. The van der Waals surface area contributed by atoms with Crippen LogP contribution in [-0.2, 0) is 0 Å². The second-order valence-electron chi connectivity index (χ2n) is 5.99. The van der Waals surface area contributed by atoms with Gasteiger partial charge in [0.15, 0.2) is 5.15 Å². The maximum atomic E-state index is 6.17. The molecule has 20 heavy (non-hydrogen) atoms. The largest absolute Gasteiger partial charge is 0.380 e. The number of aryl methyl sites for hydroxylation is 1. The average Bonchev–Trinajstić information content (AvgIpc) is 2.43. The van der Waals surface area contributed by atoms with Gasteiger partial charge < -0.3 is 10.2 Å². The van der Waals surface area contributed by atoms with Crippen molar-refractivity contribution >= 4 is 17.3 Å². The van der Waals surface area contributed by atoms with Crippen LogP contribution in [0.25, 0.3) is 0 Å². The number of likely N-dealkylation sites (tertiary alicyclic amines) is 1. The van der Waals surface area contributed by atoms with Crippen LogP contribution < -0.4 is 5.32 Å². The minimum Gasteiger partial charge on any atom is -0.380 e. The number of pyridine rings is 1. The molecule has 0 saturated carbocycles. The zero-order chi connectivity index (χ0) is 14.5. The van der Waals surface area contributed by atoms with Crippen molar-refractivity contribution in [2.75, 3.05) is 25.0 Å². The molecule has 1 fully saturated rings. The number of nitrogens with one attached hydrogen (secondary N) is 1. The number of aromatic nitrogens is 1. The van der Waals surface area contributed by atoms with Gasteiger partial charge in [0.05, 0.1) is 5.69 Å². The highest BCUT2D eigenvalue weighted by atomic mass is 35.5. The second kappa shape index (κ2) is 7.28. The van der Waals surface area contributed by atoms with Gasteiger partial charge in [0, 0.05) is 18.8 Å². The molecule has 0 radical (unpaired) electrons. The lowest BCUT2D eigenvalue weighted by Gasteiger charge is -2.36. The van der Waals surface area contributed by atoms with Crippen LogP contribution in [0, 0.1) is 12.8 Å². The van der Waals surface area contributed by atoms with Gasteiger partial charge in [-0.25, -0.2) is 4.98 Å². The minimum absolute atomic E-state index is 0.427. The third-order valence-electron chi connectivity index (χ3n) is 4.15. The van der Waals surface area contributed by atoms with Gasteiger partial charge in [0.25, 0.3) is 0 Å². The van der Waals surface area contributed by atoms with Crippen LogP contribution in [0.2, 0.25) is 5.15 Å². The summed E-state index contributed by atoms with van der Waals surface area (Å²) in [6.07, 6.45) is 5.64. The molecule has 2 unspecified atom stereocenters. The molecule has 0 aliphatic carbocycles. The highest BCUT2D eigenvalue weighted by molar-refractivity contribution is 6.31. The van der Waals surface area contributed by atoms with E-state index in [4.69, 9.17) is 11.6 Å². The highest BCUT2D eigenvalue weighted by Gasteiger charge is 2.24. The van der Waals surface area contributed by atoms with Gasteiger partial charge in [0.1, 0.15) is 0 Å². The van der Waals surface area contributed by atoms with Gasteiger partial charge in [-0.15, -0.1) is 0 Å². The van der Waals surface area contributed by atoms with E-state index >= 15 is 0 Å². The van der Waals surface area contributed by atoms with E-state index in [-0.39, 0.29) is 0 Å². The van der Waals surface area contributed by atoms with Crippen molar-refractivity contribution in [3.05, 3.63) is 23.0 Å². The van der Waals surface area contributed by atoms with E-state index < -0.39 is 0 Å². The molecule has 4 heteroatoms. The van der Waals surface area contributed by atoms with E-state index in [0.717, 1.165) is 11.3 Å². The van der Waals surface area contributed by atoms with E-state index in [2.05, 4.69) is 35.1 Å². The Morgan fingerprint density at radius 3 is 3.10 bits per heavy atom. The summed E-state index contributed by atoms with van der Waals surface area (Å²) in [5.74, 6) is 0.687. The molecule has 0 spiro atoms. The molecule has 1 aliphatic heterocycles. The lowest BCUT2D eigenvalue weighted by Crippen LogP contribution is -2.42. The van der Waals surface area contributed by atoms with Crippen molar-refractivity contribution in [2.45, 2.75) is 46.1 Å². The molecule has 2 heterocycles. The maximum Gasteiger partial charge on any atom is 0.152 e. The first-order valence-electron chi connectivity index (χ1n) is 7.71. The van der Waals surface area contributed by atoms with E-state index in [9.17, 15) is 0 Å². The molecule has 2 atom stereocenters. The predicted octanol–water partition coefficient (Wildman–Crippen LogP) is 3.97. The van der Waals surface area contributed by atoms with E-state index in [1.54, 1.807) is 0 Å². The Bertz CT molecular complexity index is 434. The fourth-order valence-electron chi connectivity index (χ4n) is 3.04. The van der Waals surface area contributed by atoms with Crippen molar-refractivity contribution in [1.29, 1.82) is 0 Å². The van der Waals surface area contributed by atoms with Gasteiger partial charge in [-0.3, -0.25) is 0 Å². The lowest BCUT2D eigenvalue weighted by molar-refractivity contribution is 0.165. The van der Waals surface area contributed by atoms with Gasteiger partial charge >= 0.3 is 0 Å². The molecule has 1 aliphatic rings. The maximum absolute atomic E-state index is 6.17. The second-order valence-corrected chi connectivity index (χ2v) is 6.34. The molecule has 3 nitrogen and oxygen atoms in total. The Hall–Kier alpha value is -0.800. The van der Waals surface area contributed by atoms with Crippen molar-refractivity contribution in [3.8, 4) is 0 Å². The summed E-state index contributed by atoms with van der Waals surface area (Å²) in [6.45, 7) is 10.2.